The standard InChI is InChI=1S/C9H12N2O3/c1-5(2)3-6-8(12)10-4-7(11-6)9(13)14/h4-5H,3H2,1-2H3,(H,10,12)(H,13,14). The zero-order chi connectivity index (χ0) is 10.7. The molecule has 5 nitrogen and oxygen atoms in total. The van der Waals surface area contributed by atoms with Crippen LogP contribution in [0, 0.1) is 5.92 Å². The minimum atomic E-state index is -1.13. The molecule has 0 radical (unpaired) electrons. The van der Waals surface area contributed by atoms with E-state index in [1.165, 1.54) is 0 Å². The van der Waals surface area contributed by atoms with Crippen LogP contribution in [0.3, 0.4) is 0 Å². The maximum absolute atomic E-state index is 11.2. The number of H-pyrrole nitrogens is 1. The number of hydrogen-bond acceptors (Lipinski definition) is 3. The summed E-state index contributed by atoms with van der Waals surface area (Å²) in [7, 11) is 0. The molecular formula is C9H12N2O3. The summed E-state index contributed by atoms with van der Waals surface area (Å²) in [6, 6.07) is 0. The van der Waals surface area contributed by atoms with Crippen molar-refractivity contribution in [2.45, 2.75) is 20.3 Å². The number of rotatable bonds is 3. The molecule has 0 spiro atoms. The normalized spacial score (nSPS) is 10.5. The first-order valence-electron chi connectivity index (χ1n) is 4.32. The van der Waals surface area contributed by atoms with Crippen molar-refractivity contribution in [1.29, 1.82) is 0 Å². The number of carboxylic acid groups (broad SMARTS) is 1. The Morgan fingerprint density at radius 1 is 1.64 bits per heavy atom. The number of aromatic amines is 1. The highest BCUT2D eigenvalue weighted by molar-refractivity contribution is 5.84. The summed E-state index contributed by atoms with van der Waals surface area (Å²) in [5.41, 5.74) is -0.163. The molecule has 0 fully saturated rings. The molecule has 2 N–H and O–H groups in total. The van der Waals surface area contributed by atoms with Crippen molar-refractivity contribution in [3.8, 4) is 0 Å². The molecule has 5 heteroatoms. The molecule has 0 saturated heterocycles. The molecule has 0 atom stereocenters. The first-order valence-corrected chi connectivity index (χ1v) is 4.32. The summed E-state index contributed by atoms with van der Waals surface area (Å²) in [6.07, 6.45) is 1.59. The van der Waals surface area contributed by atoms with Crippen molar-refractivity contribution >= 4 is 5.97 Å². The Balaban J connectivity index is 3.08. The van der Waals surface area contributed by atoms with Crippen molar-refractivity contribution in [2.24, 2.45) is 5.92 Å². The van der Waals surface area contributed by atoms with Gasteiger partial charge in [0.2, 0.25) is 0 Å². The topological polar surface area (TPSA) is 83.0 Å². The van der Waals surface area contributed by atoms with Gasteiger partial charge in [-0.1, -0.05) is 13.8 Å². The van der Waals surface area contributed by atoms with E-state index in [1.807, 2.05) is 13.8 Å². The van der Waals surface area contributed by atoms with E-state index in [0.29, 0.717) is 6.42 Å². The Morgan fingerprint density at radius 2 is 2.29 bits per heavy atom. The highest BCUT2D eigenvalue weighted by atomic mass is 16.4. The number of carbonyl (C=O) groups is 1. The lowest BCUT2D eigenvalue weighted by atomic mass is 10.1. The van der Waals surface area contributed by atoms with E-state index in [2.05, 4.69) is 9.97 Å². The largest absolute Gasteiger partial charge is 0.476 e. The van der Waals surface area contributed by atoms with Gasteiger partial charge >= 0.3 is 5.97 Å². The number of nitrogens with zero attached hydrogens (tertiary/aromatic N) is 1. The predicted molar refractivity (Wildman–Crippen MR) is 50.4 cm³/mol. The average Bonchev–Trinajstić information content (AvgIpc) is 2.07. The van der Waals surface area contributed by atoms with E-state index < -0.39 is 5.97 Å². The molecule has 0 aliphatic rings. The Labute approximate surface area is 80.8 Å². The van der Waals surface area contributed by atoms with Gasteiger partial charge in [0, 0.05) is 6.20 Å². The lowest BCUT2D eigenvalue weighted by Crippen LogP contribution is -2.19. The third-order valence-electron chi connectivity index (χ3n) is 1.68. The molecule has 14 heavy (non-hydrogen) atoms. The number of aromatic nitrogens is 2. The fourth-order valence-electron chi connectivity index (χ4n) is 1.08. The molecule has 0 bridgehead atoms. The van der Waals surface area contributed by atoms with Crippen LogP contribution < -0.4 is 5.56 Å². The second-order valence-corrected chi connectivity index (χ2v) is 3.46. The Bertz CT molecular complexity index is 395. The first-order chi connectivity index (χ1) is 6.50. The smallest absolute Gasteiger partial charge is 0.356 e. The van der Waals surface area contributed by atoms with Crippen LogP contribution >= 0.6 is 0 Å². The fourth-order valence-corrected chi connectivity index (χ4v) is 1.08. The SMILES string of the molecule is CC(C)Cc1nc(C(=O)O)c[nH]c1=O. The molecule has 1 aromatic heterocycles. The van der Waals surface area contributed by atoms with Gasteiger partial charge in [-0.2, -0.15) is 0 Å². The monoisotopic (exact) mass is 196 g/mol. The second-order valence-electron chi connectivity index (χ2n) is 3.46. The Morgan fingerprint density at radius 3 is 2.79 bits per heavy atom. The number of hydrogen-bond donors (Lipinski definition) is 2. The maximum Gasteiger partial charge on any atom is 0.356 e. The van der Waals surface area contributed by atoms with E-state index in [9.17, 15) is 9.59 Å². The van der Waals surface area contributed by atoms with Gasteiger partial charge in [-0.15, -0.1) is 0 Å². The zero-order valence-electron chi connectivity index (χ0n) is 8.07. The van der Waals surface area contributed by atoms with Crippen LogP contribution in [0.15, 0.2) is 11.0 Å². The van der Waals surface area contributed by atoms with E-state index in [-0.39, 0.29) is 22.9 Å². The van der Waals surface area contributed by atoms with Gasteiger partial charge in [0.1, 0.15) is 5.69 Å². The summed E-state index contributed by atoms with van der Waals surface area (Å²) in [5.74, 6) is -0.862. The molecule has 1 aromatic rings. The van der Waals surface area contributed by atoms with Crippen molar-refractivity contribution < 1.29 is 9.90 Å². The molecule has 0 aliphatic heterocycles. The van der Waals surface area contributed by atoms with Crippen molar-refractivity contribution in [1.82, 2.24) is 9.97 Å². The molecule has 0 amide bonds. The van der Waals surface area contributed by atoms with Crippen molar-refractivity contribution in [3.05, 3.63) is 27.9 Å². The quantitative estimate of drug-likeness (QED) is 0.744. The van der Waals surface area contributed by atoms with Crippen LogP contribution in [0.1, 0.15) is 30.0 Å². The summed E-state index contributed by atoms with van der Waals surface area (Å²) in [5, 5.41) is 8.65. The number of nitrogens with one attached hydrogen (secondary N) is 1. The van der Waals surface area contributed by atoms with Crippen LogP contribution in [0.4, 0.5) is 0 Å². The van der Waals surface area contributed by atoms with E-state index in [4.69, 9.17) is 5.11 Å². The fraction of sp³-hybridized carbons (Fsp3) is 0.444. The molecule has 1 rings (SSSR count). The maximum atomic E-state index is 11.2. The molecule has 0 unspecified atom stereocenters. The Kier molecular flexibility index (Phi) is 3.01. The molecule has 0 saturated carbocycles. The molecule has 1 heterocycles. The first kappa shape index (κ1) is 10.4. The molecule has 0 aliphatic carbocycles. The summed E-state index contributed by atoms with van der Waals surface area (Å²) in [6.45, 7) is 3.88. The van der Waals surface area contributed by atoms with E-state index in [0.717, 1.165) is 6.20 Å². The number of aromatic carboxylic acids is 1. The minimum absolute atomic E-state index is 0.125. The molecule has 0 aromatic carbocycles. The zero-order valence-corrected chi connectivity index (χ0v) is 8.07. The highest BCUT2D eigenvalue weighted by Crippen LogP contribution is 2.01. The summed E-state index contributed by atoms with van der Waals surface area (Å²) < 4.78 is 0. The third kappa shape index (κ3) is 2.42. The van der Waals surface area contributed by atoms with Gasteiger partial charge < -0.3 is 10.1 Å². The van der Waals surface area contributed by atoms with Crippen LogP contribution in [0.2, 0.25) is 0 Å². The van der Waals surface area contributed by atoms with Gasteiger partial charge in [0.15, 0.2) is 5.69 Å². The minimum Gasteiger partial charge on any atom is -0.476 e. The van der Waals surface area contributed by atoms with Gasteiger partial charge in [0.05, 0.1) is 0 Å². The van der Waals surface area contributed by atoms with E-state index in [1.54, 1.807) is 0 Å². The average molecular weight is 196 g/mol. The van der Waals surface area contributed by atoms with Crippen LogP contribution in [0.5, 0.6) is 0 Å². The van der Waals surface area contributed by atoms with Gasteiger partial charge in [-0.25, -0.2) is 9.78 Å². The second kappa shape index (κ2) is 4.04. The Hall–Kier alpha value is -1.65. The molecule has 76 valence electrons. The van der Waals surface area contributed by atoms with Crippen molar-refractivity contribution in [3.63, 3.8) is 0 Å². The van der Waals surface area contributed by atoms with Gasteiger partial charge in [0.25, 0.3) is 5.56 Å². The van der Waals surface area contributed by atoms with E-state index >= 15 is 0 Å². The number of carboxylic acids is 1. The van der Waals surface area contributed by atoms with Gasteiger partial charge in [-0.3, -0.25) is 4.79 Å². The van der Waals surface area contributed by atoms with Crippen LogP contribution in [-0.2, 0) is 6.42 Å². The van der Waals surface area contributed by atoms with Crippen molar-refractivity contribution in [2.75, 3.05) is 0 Å². The lowest BCUT2D eigenvalue weighted by Gasteiger charge is -2.03. The summed E-state index contributed by atoms with van der Waals surface area (Å²) >= 11 is 0. The lowest BCUT2D eigenvalue weighted by molar-refractivity contribution is 0.0689. The third-order valence-corrected chi connectivity index (χ3v) is 1.68. The van der Waals surface area contributed by atoms with Gasteiger partial charge in [-0.05, 0) is 12.3 Å². The molecular weight excluding hydrogens is 184 g/mol. The predicted octanol–water partition coefficient (Wildman–Crippen LogP) is 0.667. The van der Waals surface area contributed by atoms with Crippen LogP contribution in [0.25, 0.3) is 0 Å². The summed E-state index contributed by atoms with van der Waals surface area (Å²) in [4.78, 5) is 27.9. The van der Waals surface area contributed by atoms with Crippen LogP contribution in [-0.4, -0.2) is 21.0 Å². The highest BCUT2D eigenvalue weighted by Gasteiger charge is 2.09.